The molecule has 0 saturated heterocycles. The Bertz CT molecular complexity index is 1100. The molecule has 5 heteroatoms. The molecule has 3 aromatic rings. The molecule has 0 fully saturated rings. The van der Waals surface area contributed by atoms with Crippen LogP contribution in [0.5, 0.6) is 0 Å². The third-order valence-corrected chi connectivity index (χ3v) is 4.64. The van der Waals surface area contributed by atoms with Gasteiger partial charge in [-0.15, -0.1) is 0 Å². The highest BCUT2D eigenvalue weighted by molar-refractivity contribution is 5.84. The van der Waals surface area contributed by atoms with Crippen LogP contribution < -0.4 is 16.7 Å². The van der Waals surface area contributed by atoms with Gasteiger partial charge in [0.05, 0.1) is 5.39 Å². The van der Waals surface area contributed by atoms with E-state index in [1.54, 1.807) is 23.8 Å². The summed E-state index contributed by atoms with van der Waals surface area (Å²) < 4.78 is 7.81. The van der Waals surface area contributed by atoms with Crippen molar-refractivity contribution in [2.24, 2.45) is 5.73 Å². The van der Waals surface area contributed by atoms with Gasteiger partial charge >= 0.3 is 0 Å². The zero-order valence-electron chi connectivity index (χ0n) is 15.8. The third-order valence-electron chi connectivity index (χ3n) is 4.64. The van der Waals surface area contributed by atoms with Crippen LogP contribution in [0.2, 0.25) is 0 Å². The number of hydrogen-bond acceptors (Lipinski definition) is 4. The monoisotopic (exact) mass is 352 g/mol. The largest absolute Gasteiger partial charge is 0.455 e. The van der Waals surface area contributed by atoms with Crippen LogP contribution in [0.25, 0.3) is 22.3 Å². The van der Waals surface area contributed by atoms with Crippen LogP contribution in [0.4, 0.5) is 0 Å². The number of nitrogens with zero attached hydrogens (tertiary/aromatic N) is 1. The summed E-state index contributed by atoms with van der Waals surface area (Å²) in [7, 11) is 0. The first-order valence-corrected chi connectivity index (χ1v) is 8.76. The molecule has 1 atom stereocenters. The van der Waals surface area contributed by atoms with E-state index in [2.05, 4.69) is 0 Å². The first-order chi connectivity index (χ1) is 12.2. The predicted molar refractivity (Wildman–Crippen MR) is 105 cm³/mol. The Morgan fingerprint density at radius 1 is 1.08 bits per heavy atom. The number of pyridine rings is 1. The molecule has 26 heavy (non-hydrogen) atoms. The van der Waals surface area contributed by atoms with Crippen molar-refractivity contribution in [3.63, 3.8) is 0 Å². The van der Waals surface area contributed by atoms with Crippen LogP contribution >= 0.6 is 0 Å². The minimum absolute atomic E-state index is 0.0113. The number of hydrogen-bond donors (Lipinski definition) is 1. The number of fused-ring (bicyclic) bond motifs is 1. The van der Waals surface area contributed by atoms with Crippen molar-refractivity contribution >= 4 is 11.0 Å². The summed E-state index contributed by atoms with van der Waals surface area (Å²) in [6.45, 7) is 9.43. The fraction of sp³-hybridized carbons (Fsp3) is 0.333. The van der Waals surface area contributed by atoms with E-state index in [0.29, 0.717) is 27.9 Å². The first-order valence-electron chi connectivity index (χ1n) is 8.76. The summed E-state index contributed by atoms with van der Waals surface area (Å²) in [6, 6.07) is 6.72. The normalized spacial score (nSPS) is 12.7. The van der Waals surface area contributed by atoms with Gasteiger partial charge in [0.15, 0.2) is 5.43 Å². The fourth-order valence-electron chi connectivity index (χ4n) is 3.22. The van der Waals surface area contributed by atoms with Gasteiger partial charge in [0.1, 0.15) is 11.3 Å². The maximum absolute atomic E-state index is 13.0. The number of nitrogens with two attached hydrogens (primary N) is 1. The number of rotatable bonds is 3. The molecule has 2 aromatic heterocycles. The molecule has 0 bridgehead atoms. The topological polar surface area (TPSA) is 78.2 Å². The Balaban J connectivity index is 2.38. The summed E-state index contributed by atoms with van der Waals surface area (Å²) >= 11 is 0. The fourth-order valence-corrected chi connectivity index (χ4v) is 3.22. The maximum Gasteiger partial charge on any atom is 0.250 e. The minimum Gasteiger partial charge on any atom is -0.455 e. The van der Waals surface area contributed by atoms with Gasteiger partial charge in [-0.25, -0.2) is 0 Å². The summed E-state index contributed by atoms with van der Waals surface area (Å²) in [5, 5.41) is 0.538. The molecule has 0 aliphatic heterocycles. The summed E-state index contributed by atoms with van der Waals surface area (Å²) in [6.07, 6.45) is 1.74. The van der Waals surface area contributed by atoms with E-state index in [1.807, 2.05) is 39.8 Å². The molecular weight excluding hydrogens is 328 g/mol. The van der Waals surface area contributed by atoms with Crippen molar-refractivity contribution in [2.45, 2.75) is 46.7 Å². The molecule has 0 aliphatic carbocycles. The van der Waals surface area contributed by atoms with Crippen molar-refractivity contribution in [1.29, 1.82) is 0 Å². The number of aryl methyl sites for hydroxylation is 1. The van der Waals surface area contributed by atoms with Crippen molar-refractivity contribution in [3.8, 4) is 11.3 Å². The van der Waals surface area contributed by atoms with Gasteiger partial charge in [-0.05, 0) is 52.3 Å². The Morgan fingerprint density at radius 3 is 2.38 bits per heavy atom. The van der Waals surface area contributed by atoms with E-state index in [9.17, 15) is 9.59 Å². The van der Waals surface area contributed by atoms with Crippen LogP contribution in [-0.2, 0) is 0 Å². The molecule has 3 rings (SSSR count). The second-order valence-electron chi connectivity index (χ2n) is 7.16. The minimum atomic E-state index is -0.263. The number of aromatic nitrogens is 1. The molecule has 0 aliphatic rings. The van der Waals surface area contributed by atoms with E-state index in [-0.39, 0.29) is 23.1 Å². The Labute approximate surface area is 152 Å². The molecule has 0 spiro atoms. The lowest BCUT2D eigenvalue weighted by atomic mass is 9.99. The smallest absolute Gasteiger partial charge is 0.250 e. The average molecular weight is 352 g/mol. The van der Waals surface area contributed by atoms with Gasteiger partial charge in [-0.1, -0.05) is 6.07 Å². The van der Waals surface area contributed by atoms with Crippen LogP contribution in [0.1, 0.15) is 49.5 Å². The molecule has 2 N–H and O–H groups in total. The van der Waals surface area contributed by atoms with E-state index in [0.717, 1.165) is 11.1 Å². The zero-order chi connectivity index (χ0) is 19.2. The van der Waals surface area contributed by atoms with Crippen LogP contribution in [0, 0.1) is 13.8 Å². The van der Waals surface area contributed by atoms with Gasteiger partial charge in [-0.3, -0.25) is 9.59 Å². The molecular formula is C21H24N2O3. The second-order valence-corrected chi connectivity index (χ2v) is 7.16. The Kier molecular flexibility index (Phi) is 4.59. The van der Waals surface area contributed by atoms with Gasteiger partial charge in [0, 0.05) is 41.0 Å². The SMILES string of the molecule is Cc1cc(C(C)N)c2oc(-c3ccc(=O)n(C(C)C)c3)c(C)c(=O)c2c1. The first kappa shape index (κ1) is 18.1. The number of benzene rings is 1. The molecule has 5 nitrogen and oxygen atoms in total. The van der Waals surface area contributed by atoms with Crippen LogP contribution in [0.15, 0.2) is 44.5 Å². The van der Waals surface area contributed by atoms with Gasteiger partial charge in [-0.2, -0.15) is 0 Å². The lowest BCUT2D eigenvalue weighted by Gasteiger charge is -2.15. The molecule has 2 heterocycles. The molecule has 1 aromatic carbocycles. The average Bonchev–Trinajstić information content (AvgIpc) is 2.58. The quantitative estimate of drug-likeness (QED) is 0.777. The van der Waals surface area contributed by atoms with E-state index in [1.165, 1.54) is 6.07 Å². The van der Waals surface area contributed by atoms with Crippen LogP contribution in [0.3, 0.4) is 0 Å². The Hall–Kier alpha value is -2.66. The summed E-state index contributed by atoms with van der Waals surface area (Å²) in [4.78, 5) is 25.0. The summed E-state index contributed by atoms with van der Waals surface area (Å²) in [5.74, 6) is 0.475. The van der Waals surface area contributed by atoms with Crippen molar-refractivity contribution in [3.05, 3.63) is 67.7 Å². The van der Waals surface area contributed by atoms with Gasteiger partial charge < -0.3 is 14.7 Å². The van der Waals surface area contributed by atoms with E-state index >= 15 is 0 Å². The summed E-state index contributed by atoms with van der Waals surface area (Å²) in [5.41, 5.74) is 9.45. The van der Waals surface area contributed by atoms with E-state index in [4.69, 9.17) is 10.2 Å². The molecule has 136 valence electrons. The standard InChI is InChI=1S/C21H24N2O3/c1-11(2)23-10-15(6-7-18(23)24)20-13(4)19(25)17-9-12(3)8-16(14(5)22)21(17)26-20/h6-11,14H,22H2,1-5H3. The third kappa shape index (κ3) is 2.99. The predicted octanol–water partition coefficient (Wildman–Crippen LogP) is 3.84. The molecule has 0 radical (unpaired) electrons. The highest BCUT2D eigenvalue weighted by Crippen LogP contribution is 2.30. The highest BCUT2D eigenvalue weighted by Gasteiger charge is 2.18. The molecule has 0 saturated carbocycles. The highest BCUT2D eigenvalue weighted by atomic mass is 16.3. The van der Waals surface area contributed by atoms with Crippen molar-refractivity contribution in [1.82, 2.24) is 4.57 Å². The zero-order valence-corrected chi connectivity index (χ0v) is 15.8. The van der Waals surface area contributed by atoms with Crippen molar-refractivity contribution in [2.75, 3.05) is 0 Å². The molecule has 1 unspecified atom stereocenters. The van der Waals surface area contributed by atoms with Crippen molar-refractivity contribution < 1.29 is 4.42 Å². The van der Waals surface area contributed by atoms with E-state index < -0.39 is 0 Å². The van der Waals surface area contributed by atoms with Crippen LogP contribution in [-0.4, -0.2) is 4.57 Å². The maximum atomic E-state index is 13.0. The Morgan fingerprint density at radius 2 is 1.77 bits per heavy atom. The second kappa shape index (κ2) is 6.57. The lowest BCUT2D eigenvalue weighted by molar-refractivity contribution is 0.572. The lowest BCUT2D eigenvalue weighted by Crippen LogP contribution is -2.20. The van der Waals surface area contributed by atoms with Gasteiger partial charge in [0.25, 0.3) is 5.56 Å². The van der Waals surface area contributed by atoms with Gasteiger partial charge in [0.2, 0.25) is 0 Å². The molecule has 0 amide bonds.